The van der Waals surface area contributed by atoms with E-state index < -0.39 is 0 Å². The summed E-state index contributed by atoms with van der Waals surface area (Å²) in [6, 6.07) is 8.39. The molecule has 23 heavy (non-hydrogen) atoms. The molecular formula is C19H27N3O. The standard InChI is InChI=1S/C11H16N2O.C8H11N/c1-9-7-10(2)12-11(8-9)13-3-5-14-6-4-13;1-6-4-7(2)9-8(3)5-6/h7-8H,3-6H2,1-2H3;4-5H,1-3H3. The van der Waals surface area contributed by atoms with Crippen LogP contribution in [0.1, 0.15) is 28.2 Å². The van der Waals surface area contributed by atoms with Gasteiger partial charge >= 0.3 is 0 Å². The largest absolute Gasteiger partial charge is 0.378 e. The van der Waals surface area contributed by atoms with Gasteiger partial charge in [-0.2, -0.15) is 0 Å². The Bertz CT molecular complexity index is 578. The van der Waals surface area contributed by atoms with Gasteiger partial charge in [-0.15, -0.1) is 0 Å². The number of aryl methyl sites for hydroxylation is 5. The molecule has 2 aromatic heterocycles. The molecule has 3 heterocycles. The number of nitrogens with zero attached hydrogens (tertiary/aromatic N) is 3. The molecule has 0 N–H and O–H groups in total. The monoisotopic (exact) mass is 313 g/mol. The van der Waals surface area contributed by atoms with E-state index in [2.05, 4.69) is 53.0 Å². The number of anilines is 1. The maximum Gasteiger partial charge on any atom is 0.129 e. The molecule has 1 fully saturated rings. The molecule has 2 aromatic rings. The van der Waals surface area contributed by atoms with Gasteiger partial charge in [0.15, 0.2) is 0 Å². The maximum atomic E-state index is 5.31. The second-order valence-corrected chi connectivity index (χ2v) is 6.17. The molecule has 1 saturated heterocycles. The van der Waals surface area contributed by atoms with E-state index in [9.17, 15) is 0 Å². The van der Waals surface area contributed by atoms with Gasteiger partial charge in [0.2, 0.25) is 0 Å². The average Bonchev–Trinajstić information content (AvgIpc) is 2.46. The highest BCUT2D eigenvalue weighted by Crippen LogP contribution is 2.15. The molecule has 0 atom stereocenters. The fourth-order valence-electron chi connectivity index (χ4n) is 2.82. The molecule has 0 saturated carbocycles. The first-order valence-corrected chi connectivity index (χ1v) is 8.14. The van der Waals surface area contributed by atoms with E-state index in [4.69, 9.17) is 4.74 Å². The SMILES string of the molecule is Cc1cc(C)nc(C)c1.Cc1cc(C)nc(N2CCOCC2)c1. The minimum absolute atomic E-state index is 0.814. The summed E-state index contributed by atoms with van der Waals surface area (Å²) in [5.41, 5.74) is 5.87. The van der Waals surface area contributed by atoms with Gasteiger partial charge in [-0.3, -0.25) is 4.98 Å². The van der Waals surface area contributed by atoms with Crippen molar-refractivity contribution in [1.29, 1.82) is 0 Å². The summed E-state index contributed by atoms with van der Waals surface area (Å²) in [4.78, 5) is 11.0. The highest BCUT2D eigenvalue weighted by atomic mass is 16.5. The summed E-state index contributed by atoms with van der Waals surface area (Å²) in [7, 11) is 0. The van der Waals surface area contributed by atoms with Crippen molar-refractivity contribution >= 4 is 5.82 Å². The molecule has 1 aliphatic heterocycles. The zero-order chi connectivity index (χ0) is 16.8. The molecule has 1 aliphatic rings. The number of hydrogen-bond donors (Lipinski definition) is 0. The van der Waals surface area contributed by atoms with Crippen molar-refractivity contribution in [2.75, 3.05) is 31.2 Å². The Morgan fingerprint density at radius 2 is 1.22 bits per heavy atom. The van der Waals surface area contributed by atoms with Crippen molar-refractivity contribution in [3.8, 4) is 0 Å². The molecule has 0 spiro atoms. The second kappa shape index (κ2) is 8.06. The van der Waals surface area contributed by atoms with E-state index in [0.29, 0.717) is 0 Å². The topological polar surface area (TPSA) is 38.2 Å². The van der Waals surface area contributed by atoms with Gasteiger partial charge in [0, 0.05) is 30.2 Å². The Labute approximate surface area is 139 Å². The normalized spacial score (nSPS) is 14.2. The molecule has 0 radical (unpaired) electrons. The van der Waals surface area contributed by atoms with Crippen LogP contribution in [0, 0.1) is 34.6 Å². The first-order chi connectivity index (χ1) is 10.9. The van der Waals surface area contributed by atoms with Crippen LogP contribution in [0.15, 0.2) is 24.3 Å². The van der Waals surface area contributed by atoms with Crippen LogP contribution in [0.25, 0.3) is 0 Å². The molecule has 0 unspecified atom stereocenters. The van der Waals surface area contributed by atoms with Gasteiger partial charge in [-0.25, -0.2) is 4.98 Å². The summed E-state index contributed by atoms with van der Waals surface area (Å²) in [5.74, 6) is 1.09. The predicted octanol–water partition coefficient (Wildman–Crippen LogP) is 3.54. The number of aromatic nitrogens is 2. The molecule has 0 aromatic carbocycles. The van der Waals surface area contributed by atoms with Crippen molar-refractivity contribution < 1.29 is 4.74 Å². The Morgan fingerprint density at radius 3 is 1.70 bits per heavy atom. The minimum Gasteiger partial charge on any atom is -0.378 e. The summed E-state index contributed by atoms with van der Waals surface area (Å²) >= 11 is 0. The summed E-state index contributed by atoms with van der Waals surface area (Å²) in [6.07, 6.45) is 0. The Balaban J connectivity index is 0.000000185. The minimum atomic E-state index is 0.814. The maximum absolute atomic E-state index is 5.31. The summed E-state index contributed by atoms with van der Waals surface area (Å²) in [6.45, 7) is 13.8. The lowest BCUT2D eigenvalue weighted by Crippen LogP contribution is -2.36. The van der Waals surface area contributed by atoms with Crippen LogP contribution < -0.4 is 4.90 Å². The van der Waals surface area contributed by atoms with Gasteiger partial charge in [-0.1, -0.05) is 0 Å². The molecule has 0 bridgehead atoms. The lowest BCUT2D eigenvalue weighted by atomic mass is 10.2. The molecule has 4 heteroatoms. The Kier molecular flexibility index (Phi) is 6.11. The Morgan fingerprint density at radius 1 is 0.739 bits per heavy atom. The van der Waals surface area contributed by atoms with E-state index in [1.165, 1.54) is 11.1 Å². The van der Waals surface area contributed by atoms with Crippen molar-refractivity contribution in [3.05, 3.63) is 52.5 Å². The van der Waals surface area contributed by atoms with Crippen molar-refractivity contribution in [1.82, 2.24) is 9.97 Å². The van der Waals surface area contributed by atoms with Gasteiger partial charge in [-0.05, 0) is 70.0 Å². The van der Waals surface area contributed by atoms with Crippen LogP contribution >= 0.6 is 0 Å². The Hall–Kier alpha value is -1.94. The van der Waals surface area contributed by atoms with Crippen LogP contribution in [0.5, 0.6) is 0 Å². The molecule has 0 aliphatic carbocycles. The van der Waals surface area contributed by atoms with Crippen LogP contribution in [-0.4, -0.2) is 36.3 Å². The van der Waals surface area contributed by atoms with Crippen LogP contribution in [0.2, 0.25) is 0 Å². The first kappa shape index (κ1) is 17.4. The zero-order valence-electron chi connectivity index (χ0n) is 14.9. The van der Waals surface area contributed by atoms with E-state index in [0.717, 1.165) is 49.2 Å². The quantitative estimate of drug-likeness (QED) is 0.807. The molecule has 3 rings (SSSR count). The van der Waals surface area contributed by atoms with Crippen LogP contribution in [0.4, 0.5) is 5.82 Å². The molecule has 124 valence electrons. The summed E-state index contributed by atoms with van der Waals surface area (Å²) in [5, 5.41) is 0. The van der Waals surface area contributed by atoms with Crippen molar-refractivity contribution in [2.45, 2.75) is 34.6 Å². The van der Waals surface area contributed by atoms with E-state index in [1.807, 2.05) is 20.8 Å². The van der Waals surface area contributed by atoms with E-state index >= 15 is 0 Å². The highest BCUT2D eigenvalue weighted by molar-refractivity contribution is 5.42. The van der Waals surface area contributed by atoms with Gasteiger partial charge in [0.25, 0.3) is 0 Å². The predicted molar refractivity (Wildman–Crippen MR) is 95.2 cm³/mol. The zero-order valence-corrected chi connectivity index (χ0v) is 14.9. The smallest absolute Gasteiger partial charge is 0.129 e. The molecule has 4 nitrogen and oxygen atoms in total. The first-order valence-electron chi connectivity index (χ1n) is 8.14. The number of hydrogen-bond acceptors (Lipinski definition) is 4. The second-order valence-electron chi connectivity index (χ2n) is 6.17. The van der Waals surface area contributed by atoms with E-state index in [1.54, 1.807) is 0 Å². The third-order valence-electron chi connectivity index (χ3n) is 3.65. The third kappa shape index (κ3) is 5.64. The third-order valence-corrected chi connectivity index (χ3v) is 3.65. The number of rotatable bonds is 1. The number of pyridine rings is 2. The highest BCUT2D eigenvalue weighted by Gasteiger charge is 2.12. The van der Waals surface area contributed by atoms with Gasteiger partial charge in [0.1, 0.15) is 5.82 Å². The molecular weight excluding hydrogens is 286 g/mol. The number of ether oxygens (including phenoxy) is 1. The van der Waals surface area contributed by atoms with Gasteiger partial charge < -0.3 is 9.64 Å². The van der Waals surface area contributed by atoms with Crippen molar-refractivity contribution in [2.24, 2.45) is 0 Å². The fourth-order valence-corrected chi connectivity index (χ4v) is 2.82. The fraction of sp³-hybridized carbons (Fsp3) is 0.474. The average molecular weight is 313 g/mol. The van der Waals surface area contributed by atoms with Crippen LogP contribution in [0.3, 0.4) is 0 Å². The van der Waals surface area contributed by atoms with Crippen LogP contribution in [-0.2, 0) is 4.74 Å². The van der Waals surface area contributed by atoms with Crippen molar-refractivity contribution in [3.63, 3.8) is 0 Å². The van der Waals surface area contributed by atoms with Gasteiger partial charge in [0.05, 0.1) is 13.2 Å². The lowest BCUT2D eigenvalue weighted by molar-refractivity contribution is 0.122. The lowest BCUT2D eigenvalue weighted by Gasteiger charge is -2.28. The van der Waals surface area contributed by atoms with E-state index in [-0.39, 0.29) is 0 Å². The molecule has 0 amide bonds. The summed E-state index contributed by atoms with van der Waals surface area (Å²) < 4.78 is 5.31. The number of morpholine rings is 1.